The Morgan fingerprint density at radius 3 is 2.74 bits per heavy atom. The van der Waals surface area contributed by atoms with E-state index < -0.39 is 0 Å². The third-order valence-electron chi connectivity index (χ3n) is 4.49. The van der Waals surface area contributed by atoms with Crippen LogP contribution in [0.4, 0.5) is 0 Å². The van der Waals surface area contributed by atoms with Crippen LogP contribution in [-0.4, -0.2) is 43.7 Å². The van der Waals surface area contributed by atoms with Crippen LogP contribution in [0.3, 0.4) is 0 Å². The van der Waals surface area contributed by atoms with Gasteiger partial charge < -0.3 is 14.4 Å². The molecule has 4 heteroatoms. The van der Waals surface area contributed by atoms with Crippen LogP contribution >= 0.6 is 0 Å². The molecule has 0 N–H and O–H groups in total. The molecule has 0 aliphatic carbocycles. The smallest absolute Gasteiger partial charge is 0.229 e. The van der Waals surface area contributed by atoms with Gasteiger partial charge in [0.25, 0.3) is 0 Å². The SMILES string of the molecule is COc1ccc2cc([C@H](C)C(=O)N3CCOC(C)C3)ccc2c1. The van der Waals surface area contributed by atoms with E-state index in [0.717, 1.165) is 22.1 Å². The number of fused-ring (bicyclic) bond motifs is 1. The summed E-state index contributed by atoms with van der Waals surface area (Å²) in [6.45, 7) is 5.96. The first-order valence-corrected chi connectivity index (χ1v) is 8.06. The van der Waals surface area contributed by atoms with Crippen molar-refractivity contribution in [2.75, 3.05) is 26.8 Å². The molecule has 2 atom stereocenters. The Balaban J connectivity index is 1.82. The maximum atomic E-state index is 12.7. The van der Waals surface area contributed by atoms with Gasteiger partial charge >= 0.3 is 0 Å². The van der Waals surface area contributed by atoms with Crippen molar-refractivity contribution in [3.05, 3.63) is 42.0 Å². The van der Waals surface area contributed by atoms with Gasteiger partial charge in [0.1, 0.15) is 5.75 Å². The number of amides is 1. The molecule has 0 spiro atoms. The average molecular weight is 313 g/mol. The number of nitrogens with zero attached hydrogens (tertiary/aromatic N) is 1. The second-order valence-corrected chi connectivity index (χ2v) is 6.16. The molecule has 1 aliphatic rings. The van der Waals surface area contributed by atoms with Gasteiger partial charge in [-0.15, -0.1) is 0 Å². The normalized spacial score (nSPS) is 19.6. The minimum Gasteiger partial charge on any atom is -0.497 e. The van der Waals surface area contributed by atoms with Crippen LogP contribution in [0.1, 0.15) is 25.3 Å². The molecule has 1 fully saturated rings. The van der Waals surface area contributed by atoms with Crippen LogP contribution < -0.4 is 4.74 Å². The van der Waals surface area contributed by atoms with Crippen LogP contribution in [-0.2, 0) is 9.53 Å². The largest absolute Gasteiger partial charge is 0.497 e. The fourth-order valence-electron chi connectivity index (χ4n) is 3.07. The van der Waals surface area contributed by atoms with Crippen molar-refractivity contribution in [2.24, 2.45) is 0 Å². The fraction of sp³-hybridized carbons (Fsp3) is 0.421. The molecule has 1 unspecified atom stereocenters. The average Bonchev–Trinajstić information content (AvgIpc) is 2.59. The molecule has 4 nitrogen and oxygen atoms in total. The van der Waals surface area contributed by atoms with Crippen molar-refractivity contribution in [3.63, 3.8) is 0 Å². The highest BCUT2D eigenvalue weighted by Crippen LogP contribution is 2.26. The molecule has 1 amide bonds. The predicted octanol–water partition coefficient (Wildman–Crippen LogP) is 3.20. The number of benzene rings is 2. The number of carbonyl (C=O) groups is 1. The Kier molecular flexibility index (Phi) is 4.53. The molecule has 0 aromatic heterocycles. The molecule has 122 valence electrons. The Morgan fingerprint density at radius 1 is 1.26 bits per heavy atom. The van der Waals surface area contributed by atoms with Gasteiger partial charge in [-0.25, -0.2) is 0 Å². The molecule has 23 heavy (non-hydrogen) atoms. The zero-order valence-corrected chi connectivity index (χ0v) is 13.9. The van der Waals surface area contributed by atoms with Crippen molar-refractivity contribution in [1.82, 2.24) is 4.90 Å². The first kappa shape index (κ1) is 15.8. The standard InChI is InChI=1S/C19H23NO3/c1-13-12-20(8-9-23-13)19(21)14(2)15-4-5-17-11-18(22-3)7-6-16(17)10-15/h4-7,10-11,13-14H,8-9,12H2,1-3H3/t13?,14-/m0/s1. The lowest BCUT2D eigenvalue weighted by Crippen LogP contribution is -2.46. The number of carbonyl (C=O) groups excluding carboxylic acids is 1. The lowest BCUT2D eigenvalue weighted by molar-refractivity contribution is -0.139. The highest BCUT2D eigenvalue weighted by atomic mass is 16.5. The molecule has 1 aliphatic heterocycles. The predicted molar refractivity (Wildman–Crippen MR) is 90.9 cm³/mol. The molecule has 2 aromatic carbocycles. The Morgan fingerprint density at radius 2 is 2.00 bits per heavy atom. The molecule has 1 heterocycles. The van der Waals surface area contributed by atoms with E-state index >= 15 is 0 Å². The Labute approximate surface area is 137 Å². The molecule has 1 saturated heterocycles. The zero-order valence-electron chi connectivity index (χ0n) is 13.9. The van der Waals surface area contributed by atoms with Crippen LogP contribution in [0, 0.1) is 0 Å². The lowest BCUT2D eigenvalue weighted by atomic mass is 9.96. The lowest BCUT2D eigenvalue weighted by Gasteiger charge is -2.33. The van der Waals surface area contributed by atoms with Gasteiger partial charge in [-0.05, 0) is 42.3 Å². The third-order valence-corrected chi connectivity index (χ3v) is 4.49. The van der Waals surface area contributed by atoms with Crippen LogP contribution in [0.5, 0.6) is 5.75 Å². The summed E-state index contributed by atoms with van der Waals surface area (Å²) in [5.74, 6) is 0.872. The van der Waals surface area contributed by atoms with Gasteiger partial charge in [-0.2, -0.15) is 0 Å². The quantitative estimate of drug-likeness (QED) is 0.873. The Hall–Kier alpha value is -2.07. The minimum absolute atomic E-state index is 0.115. The van der Waals surface area contributed by atoms with E-state index in [0.29, 0.717) is 19.7 Å². The number of hydrogen-bond donors (Lipinski definition) is 0. The number of rotatable bonds is 3. The van der Waals surface area contributed by atoms with Crippen molar-refractivity contribution in [2.45, 2.75) is 25.9 Å². The summed E-state index contributed by atoms with van der Waals surface area (Å²) < 4.78 is 10.8. The van der Waals surface area contributed by atoms with Crippen molar-refractivity contribution in [3.8, 4) is 5.75 Å². The van der Waals surface area contributed by atoms with Gasteiger partial charge in [0, 0.05) is 13.1 Å². The van der Waals surface area contributed by atoms with Gasteiger partial charge in [0.15, 0.2) is 0 Å². The van der Waals surface area contributed by atoms with Crippen molar-refractivity contribution < 1.29 is 14.3 Å². The second kappa shape index (κ2) is 6.59. The molecular weight excluding hydrogens is 290 g/mol. The molecule has 2 aromatic rings. The zero-order chi connectivity index (χ0) is 16.4. The fourth-order valence-corrected chi connectivity index (χ4v) is 3.07. The highest BCUT2D eigenvalue weighted by Gasteiger charge is 2.26. The number of methoxy groups -OCH3 is 1. The molecule has 0 radical (unpaired) electrons. The topological polar surface area (TPSA) is 38.8 Å². The van der Waals surface area contributed by atoms with E-state index in [1.165, 1.54) is 0 Å². The maximum absolute atomic E-state index is 12.7. The van der Waals surface area contributed by atoms with Crippen molar-refractivity contribution in [1.29, 1.82) is 0 Å². The molecule has 0 saturated carbocycles. The van der Waals surface area contributed by atoms with E-state index in [9.17, 15) is 4.79 Å². The van der Waals surface area contributed by atoms with Gasteiger partial charge in [-0.1, -0.05) is 24.3 Å². The summed E-state index contributed by atoms with van der Waals surface area (Å²) in [5, 5.41) is 2.24. The summed E-state index contributed by atoms with van der Waals surface area (Å²) in [7, 11) is 1.67. The summed E-state index contributed by atoms with van der Waals surface area (Å²) in [5.41, 5.74) is 1.05. The van der Waals surface area contributed by atoms with Crippen LogP contribution in [0.2, 0.25) is 0 Å². The monoisotopic (exact) mass is 313 g/mol. The molecule has 3 rings (SSSR count). The van der Waals surface area contributed by atoms with E-state index in [2.05, 4.69) is 12.1 Å². The summed E-state index contributed by atoms with van der Waals surface area (Å²) >= 11 is 0. The molecule has 0 bridgehead atoms. The van der Waals surface area contributed by atoms with Crippen molar-refractivity contribution >= 4 is 16.7 Å². The minimum atomic E-state index is -0.146. The number of hydrogen-bond acceptors (Lipinski definition) is 3. The maximum Gasteiger partial charge on any atom is 0.229 e. The number of ether oxygens (including phenoxy) is 2. The van der Waals surface area contributed by atoms with Crippen LogP contribution in [0.15, 0.2) is 36.4 Å². The first-order valence-electron chi connectivity index (χ1n) is 8.06. The van der Waals surface area contributed by atoms with Crippen LogP contribution in [0.25, 0.3) is 10.8 Å². The van der Waals surface area contributed by atoms with Gasteiger partial charge in [0.05, 0.1) is 25.7 Å². The first-order chi connectivity index (χ1) is 11.1. The third kappa shape index (κ3) is 3.32. The van der Waals surface area contributed by atoms with E-state index in [1.54, 1.807) is 7.11 Å². The summed E-state index contributed by atoms with van der Waals surface area (Å²) in [6, 6.07) is 12.2. The summed E-state index contributed by atoms with van der Waals surface area (Å²) in [4.78, 5) is 14.6. The molecular formula is C19H23NO3. The number of morpholine rings is 1. The van der Waals surface area contributed by atoms with Gasteiger partial charge in [-0.3, -0.25) is 4.79 Å². The van der Waals surface area contributed by atoms with Gasteiger partial charge in [0.2, 0.25) is 5.91 Å². The van der Waals surface area contributed by atoms with E-state index in [1.807, 2.05) is 43.0 Å². The second-order valence-electron chi connectivity index (χ2n) is 6.16. The summed E-state index contributed by atoms with van der Waals surface area (Å²) in [6.07, 6.45) is 0.115. The van der Waals surface area contributed by atoms with E-state index in [4.69, 9.17) is 9.47 Å². The highest BCUT2D eigenvalue weighted by molar-refractivity contribution is 5.88. The Bertz CT molecular complexity index is 713. The van der Waals surface area contributed by atoms with E-state index in [-0.39, 0.29) is 17.9 Å².